The van der Waals surface area contributed by atoms with Gasteiger partial charge >= 0.3 is 0 Å². The summed E-state index contributed by atoms with van der Waals surface area (Å²) < 4.78 is 0. The zero-order chi connectivity index (χ0) is 22.6. The van der Waals surface area contributed by atoms with E-state index >= 15 is 0 Å². The molecule has 0 radical (unpaired) electrons. The van der Waals surface area contributed by atoms with E-state index in [1.54, 1.807) is 5.56 Å². The van der Waals surface area contributed by atoms with E-state index < -0.39 is 0 Å². The van der Waals surface area contributed by atoms with Crippen LogP contribution in [-0.2, 0) is 6.42 Å². The lowest BCUT2D eigenvalue weighted by Gasteiger charge is -2.18. The molecule has 0 N–H and O–H groups in total. The highest BCUT2D eigenvalue weighted by Crippen LogP contribution is 2.45. The average Bonchev–Trinajstić information content (AvgIpc) is 3.64. The van der Waals surface area contributed by atoms with Crippen molar-refractivity contribution in [3.8, 4) is 22.4 Å². The fraction of sp³-hybridized carbons (Fsp3) is 0.364. The van der Waals surface area contributed by atoms with Crippen molar-refractivity contribution in [1.29, 1.82) is 0 Å². The summed E-state index contributed by atoms with van der Waals surface area (Å²) in [7, 11) is 0. The van der Waals surface area contributed by atoms with Crippen molar-refractivity contribution in [2.75, 3.05) is 0 Å². The Hall–Kier alpha value is -2.93. The number of aryl methyl sites for hydroxylation is 1. The monoisotopic (exact) mass is 443 g/mol. The van der Waals surface area contributed by atoms with Gasteiger partial charge in [-0.3, -0.25) is 4.98 Å². The second kappa shape index (κ2) is 8.08. The van der Waals surface area contributed by atoms with Gasteiger partial charge in [-0.05, 0) is 95.8 Å². The van der Waals surface area contributed by atoms with Gasteiger partial charge in [0.05, 0.1) is 5.69 Å². The van der Waals surface area contributed by atoms with E-state index in [0.29, 0.717) is 5.92 Å². The standard InChI is InChI=1S/C33H33N/c1-21-16-29-27-13-7-6-12-25(27)19-30(29)31(17-21)33-28-15-14-24(22-8-2-3-9-22)18-26(28)20-32(34-33)23-10-4-5-11-23/h6-7,12-18,20,22-23H,2-5,8-11,19H2,1H3. The average molecular weight is 444 g/mol. The molecule has 0 spiro atoms. The van der Waals surface area contributed by atoms with Gasteiger partial charge in [-0.2, -0.15) is 0 Å². The molecule has 2 fully saturated rings. The van der Waals surface area contributed by atoms with Gasteiger partial charge in [0.1, 0.15) is 0 Å². The van der Waals surface area contributed by atoms with Crippen molar-refractivity contribution < 1.29 is 0 Å². The number of hydrogen-bond acceptors (Lipinski definition) is 1. The van der Waals surface area contributed by atoms with Crippen LogP contribution in [0.4, 0.5) is 0 Å². The number of nitrogens with zero attached hydrogens (tertiary/aromatic N) is 1. The fourth-order valence-electron chi connectivity index (χ4n) is 7.03. The molecule has 0 bridgehead atoms. The van der Waals surface area contributed by atoms with E-state index in [9.17, 15) is 0 Å². The minimum Gasteiger partial charge on any atom is -0.252 e. The quantitative estimate of drug-likeness (QED) is 0.271. The van der Waals surface area contributed by atoms with E-state index in [1.807, 2.05) is 0 Å². The van der Waals surface area contributed by atoms with Gasteiger partial charge in [0.2, 0.25) is 0 Å². The first-order chi connectivity index (χ1) is 16.7. The summed E-state index contributed by atoms with van der Waals surface area (Å²) in [5.74, 6) is 1.36. The summed E-state index contributed by atoms with van der Waals surface area (Å²) in [5.41, 5.74) is 12.5. The lowest BCUT2D eigenvalue weighted by Crippen LogP contribution is -2.02. The second-order valence-electron chi connectivity index (χ2n) is 11.0. The summed E-state index contributed by atoms with van der Waals surface area (Å²) >= 11 is 0. The fourth-order valence-corrected chi connectivity index (χ4v) is 7.03. The Kier molecular flexibility index (Phi) is 4.86. The molecule has 0 unspecified atom stereocenters. The molecule has 1 nitrogen and oxygen atoms in total. The van der Waals surface area contributed by atoms with Crippen LogP contribution >= 0.6 is 0 Å². The summed E-state index contributed by atoms with van der Waals surface area (Å²) in [4.78, 5) is 5.46. The molecule has 1 aromatic heterocycles. The van der Waals surface area contributed by atoms with Crippen LogP contribution in [0, 0.1) is 6.92 Å². The molecule has 2 saturated carbocycles. The normalized spacial score (nSPS) is 18.0. The first kappa shape index (κ1) is 20.4. The van der Waals surface area contributed by atoms with Crippen molar-refractivity contribution in [2.24, 2.45) is 0 Å². The zero-order valence-corrected chi connectivity index (χ0v) is 20.2. The van der Waals surface area contributed by atoms with Crippen LogP contribution in [-0.4, -0.2) is 4.98 Å². The topological polar surface area (TPSA) is 12.9 Å². The molecular weight excluding hydrogens is 410 g/mol. The molecule has 170 valence electrons. The van der Waals surface area contributed by atoms with Crippen molar-refractivity contribution in [3.63, 3.8) is 0 Å². The van der Waals surface area contributed by atoms with Gasteiger partial charge in [-0.1, -0.05) is 74.2 Å². The highest BCUT2D eigenvalue weighted by atomic mass is 14.7. The zero-order valence-electron chi connectivity index (χ0n) is 20.2. The van der Waals surface area contributed by atoms with Crippen LogP contribution in [0.5, 0.6) is 0 Å². The molecule has 1 heterocycles. The third kappa shape index (κ3) is 3.32. The van der Waals surface area contributed by atoms with Gasteiger partial charge in [0.15, 0.2) is 0 Å². The first-order valence-electron chi connectivity index (χ1n) is 13.4. The molecule has 0 aliphatic heterocycles. The molecule has 7 rings (SSSR count). The van der Waals surface area contributed by atoms with E-state index in [-0.39, 0.29) is 0 Å². The highest BCUT2D eigenvalue weighted by Gasteiger charge is 2.26. The molecule has 4 aromatic rings. The van der Waals surface area contributed by atoms with Gasteiger partial charge in [-0.15, -0.1) is 0 Å². The molecule has 3 aliphatic rings. The molecule has 3 aromatic carbocycles. The maximum atomic E-state index is 5.46. The molecule has 1 heteroatoms. The maximum Gasteiger partial charge on any atom is 0.0786 e. The minimum atomic E-state index is 0.619. The first-order valence-corrected chi connectivity index (χ1v) is 13.4. The smallest absolute Gasteiger partial charge is 0.0786 e. The number of aromatic nitrogens is 1. The third-order valence-electron chi connectivity index (χ3n) is 8.80. The summed E-state index contributed by atoms with van der Waals surface area (Å²) in [6, 6.07) is 23.5. The number of fused-ring (bicyclic) bond motifs is 4. The van der Waals surface area contributed by atoms with Crippen molar-refractivity contribution in [1.82, 2.24) is 4.98 Å². The van der Waals surface area contributed by atoms with Crippen molar-refractivity contribution >= 4 is 10.8 Å². The Labute approximate surface area is 203 Å². The van der Waals surface area contributed by atoms with E-state index in [0.717, 1.165) is 12.3 Å². The van der Waals surface area contributed by atoms with Crippen molar-refractivity contribution in [2.45, 2.75) is 76.5 Å². The van der Waals surface area contributed by atoms with Crippen LogP contribution in [0.15, 0.2) is 60.7 Å². The Morgan fingerprint density at radius 3 is 2.26 bits per heavy atom. The Bertz CT molecular complexity index is 1390. The highest BCUT2D eigenvalue weighted by molar-refractivity contribution is 5.98. The summed E-state index contributed by atoms with van der Waals surface area (Å²) in [6.45, 7) is 2.24. The Balaban J connectivity index is 1.45. The lowest BCUT2D eigenvalue weighted by atomic mass is 9.90. The molecular formula is C33H33N. The van der Waals surface area contributed by atoms with Crippen LogP contribution in [0.2, 0.25) is 0 Å². The molecule has 3 aliphatic carbocycles. The van der Waals surface area contributed by atoms with Gasteiger partial charge in [-0.25, -0.2) is 0 Å². The molecule has 0 saturated heterocycles. The molecule has 34 heavy (non-hydrogen) atoms. The third-order valence-corrected chi connectivity index (χ3v) is 8.80. The predicted octanol–water partition coefficient (Wildman–Crippen LogP) is 9.10. The van der Waals surface area contributed by atoms with Crippen LogP contribution in [0.3, 0.4) is 0 Å². The molecule has 0 atom stereocenters. The SMILES string of the molecule is Cc1cc2c(c(-c3nc(C4CCCC4)cc4cc(C5CCCC5)ccc34)c1)Cc1ccccc1-2. The number of rotatable bonds is 3. The maximum absolute atomic E-state index is 5.46. The number of benzene rings is 3. The summed E-state index contributed by atoms with van der Waals surface area (Å²) in [5, 5.41) is 2.73. The Morgan fingerprint density at radius 1 is 0.706 bits per heavy atom. The van der Waals surface area contributed by atoms with E-state index in [1.165, 1.54) is 107 Å². The second-order valence-corrected chi connectivity index (χ2v) is 11.0. The summed E-state index contributed by atoms with van der Waals surface area (Å²) in [6.07, 6.45) is 11.7. The molecule has 0 amide bonds. The number of pyridine rings is 1. The minimum absolute atomic E-state index is 0.619. The van der Waals surface area contributed by atoms with Crippen molar-refractivity contribution in [3.05, 3.63) is 88.6 Å². The Morgan fingerprint density at radius 2 is 1.44 bits per heavy atom. The van der Waals surface area contributed by atoms with Crippen LogP contribution in [0.1, 0.15) is 91.2 Å². The van der Waals surface area contributed by atoms with Gasteiger partial charge in [0.25, 0.3) is 0 Å². The largest absolute Gasteiger partial charge is 0.252 e. The van der Waals surface area contributed by atoms with Crippen LogP contribution < -0.4 is 0 Å². The van der Waals surface area contributed by atoms with E-state index in [4.69, 9.17) is 4.98 Å². The van der Waals surface area contributed by atoms with Crippen LogP contribution in [0.25, 0.3) is 33.2 Å². The number of hydrogen-bond donors (Lipinski definition) is 0. The van der Waals surface area contributed by atoms with E-state index in [2.05, 4.69) is 67.6 Å². The van der Waals surface area contributed by atoms with Gasteiger partial charge < -0.3 is 0 Å². The lowest BCUT2D eigenvalue weighted by molar-refractivity contribution is 0.700. The van der Waals surface area contributed by atoms with Gasteiger partial charge in [0, 0.05) is 22.6 Å². The predicted molar refractivity (Wildman–Crippen MR) is 143 cm³/mol.